The van der Waals surface area contributed by atoms with E-state index >= 15 is 0 Å². The van der Waals surface area contributed by atoms with Gasteiger partial charge in [0.05, 0.1) is 20.3 Å². The molecule has 1 rings (SSSR count). The summed E-state index contributed by atoms with van der Waals surface area (Å²) in [5.74, 6) is -0.347. The van der Waals surface area contributed by atoms with Crippen LogP contribution in [0, 0.1) is 0 Å². The number of esters is 1. The van der Waals surface area contributed by atoms with Crippen molar-refractivity contribution < 1.29 is 19.1 Å². The lowest BCUT2D eigenvalue weighted by atomic mass is 10.4. The first-order chi connectivity index (χ1) is 7.09. The molecular weight excluding hydrogens is 198 g/mol. The summed E-state index contributed by atoms with van der Waals surface area (Å²) in [5, 5.41) is 0. The minimum Gasteiger partial charge on any atom is -0.466 e. The van der Waals surface area contributed by atoms with Crippen molar-refractivity contribution in [3.8, 4) is 0 Å². The number of aliphatic imine (C=N–C) groups is 1. The van der Waals surface area contributed by atoms with Gasteiger partial charge in [-0.3, -0.25) is 0 Å². The summed E-state index contributed by atoms with van der Waals surface area (Å²) in [4.78, 5) is 22.5. The van der Waals surface area contributed by atoms with E-state index < -0.39 is 0 Å². The molecule has 86 valence electrons. The third-order valence-electron chi connectivity index (χ3n) is 0.961. The van der Waals surface area contributed by atoms with Gasteiger partial charge in [0.15, 0.2) is 0 Å². The van der Waals surface area contributed by atoms with Crippen molar-refractivity contribution in [2.45, 2.75) is 13.8 Å². The molecule has 1 heterocycles. The molecule has 0 radical (unpaired) electrons. The minimum absolute atomic E-state index is 0.347. The quantitative estimate of drug-likeness (QED) is 0.227. The van der Waals surface area contributed by atoms with Gasteiger partial charge in [0.2, 0.25) is 6.08 Å². The van der Waals surface area contributed by atoms with E-state index in [0.29, 0.717) is 12.1 Å². The summed E-state index contributed by atoms with van der Waals surface area (Å²) in [6.45, 7) is 9.28. The van der Waals surface area contributed by atoms with Gasteiger partial charge in [-0.25, -0.2) is 14.6 Å². The van der Waals surface area contributed by atoms with Crippen LogP contribution in [0.1, 0.15) is 13.8 Å². The van der Waals surface area contributed by atoms with Crippen LogP contribution in [0.4, 0.5) is 0 Å². The number of carbonyl (C=O) groups excluding carboxylic acids is 2. The Kier molecular flexibility index (Phi) is 13.4. The van der Waals surface area contributed by atoms with Crippen molar-refractivity contribution in [3.63, 3.8) is 0 Å². The maximum Gasteiger partial charge on any atom is 0.332 e. The van der Waals surface area contributed by atoms with Gasteiger partial charge in [-0.1, -0.05) is 6.58 Å². The number of nitrogens with zero attached hydrogens (tertiary/aromatic N) is 1. The average molecular weight is 215 g/mol. The van der Waals surface area contributed by atoms with Crippen LogP contribution >= 0.6 is 0 Å². The van der Waals surface area contributed by atoms with E-state index in [4.69, 9.17) is 4.79 Å². The smallest absolute Gasteiger partial charge is 0.332 e. The molecule has 1 fully saturated rings. The Morgan fingerprint density at radius 3 is 2.07 bits per heavy atom. The zero-order chi connectivity index (χ0) is 12.1. The zero-order valence-corrected chi connectivity index (χ0v) is 9.41. The Morgan fingerprint density at radius 2 is 2.07 bits per heavy atom. The lowest BCUT2D eigenvalue weighted by Crippen LogP contribution is -1.98. The van der Waals surface area contributed by atoms with Crippen molar-refractivity contribution in [2.24, 2.45) is 4.99 Å². The second-order valence-electron chi connectivity index (χ2n) is 2.45. The third-order valence-corrected chi connectivity index (χ3v) is 0.961. The van der Waals surface area contributed by atoms with Crippen molar-refractivity contribution in [2.75, 3.05) is 26.9 Å². The number of isocyanates is 1. The van der Waals surface area contributed by atoms with Gasteiger partial charge in [-0.2, -0.15) is 0 Å². The van der Waals surface area contributed by atoms with Gasteiger partial charge in [-0.05, 0) is 13.8 Å². The first-order valence-corrected chi connectivity index (χ1v) is 4.45. The summed E-state index contributed by atoms with van der Waals surface area (Å²) in [6.07, 6.45) is 1.39. The number of carbonyl (C=O) groups is 1. The molecule has 0 aromatic heterocycles. The molecule has 0 saturated carbocycles. The number of methoxy groups -OCH3 is 1. The monoisotopic (exact) mass is 215 g/mol. The van der Waals surface area contributed by atoms with Crippen LogP contribution < -0.4 is 0 Å². The van der Waals surface area contributed by atoms with Gasteiger partial charge in [0, 0.05) is 12.1 Å². The van der Waals surface area contributed by atoms with Gasteiger partial charge in [-0.15, -0.1) is 0 Å². The molecule has 0 spiro atoms. The Bertz CT molecular complexity index is 227. The molecule has 5 heteroatoms. The van der Waals surface area contributed by atoms with Crippen molar-refractivity contribution in [1.29, 1.82) is 0 Å². The predicted molar refractivity (Wildman–Crippen MR) is 56.3 cm³/mol. The molecule has 1 aliphatic heterocycles. The molecule has 15 heavy (non-hydrogen) atoms. The van der Waals surface area contributed by atoms with Crippen LogP contribution in [0.3, 0.4) is 0 Å². The fourth-order valence-corrected chi connectivity index (χ4v) is 0.239. The van der Waals surface area contributed by atoms with E-state index in [1.807, 2.05) is 0 Å². The maximum absolute atomic E-state index is 10.2. The van der Waals surface area contributed by atoms with Crippen LogP contribution in [0.25, 0.3) is 0 Å². The van der Waals surface area contributed by atoms with Crippen LogP contribution in [0.5, 0.6) is 0 Å². The fourth-order valence-electron chi connectivity index (χ4n) is 0.239. The largest absolute Gasteiger partial charge is 0.466 e. The number of ether oxygens (including phenoxy) is 2. The summed E-state index contributed by atoms with van der Waals surface area (Å²) in [6, 6.07) is 0. The molecule has 0 N–H and O–H groups in total. The van der Waals surface area contributed by atoms with E-state index in [1.54, 1.807) is 13.8 Å². The topological polar surface area (TPSA) is 68.3 Å². The summed E-state index contributed by atoms with van der Waals surface area (Å²) in [7, 11) is 1.33. The van der Waals surface area contributed by atoms with Crippen LogP contribution in [-0.2, 0) is 19.1 Å². The molecule has 1 saturated heterocycles. The average Bonchev–Trinajstić information content (AvgIpc) is 3.05. The van der Waals surface area contributed by atoms with Crippen LogP contribution in [0.2, 0.25) is 0 Å². The highest BCUT2D eigenvalue weighted by Crippen LogP contribution is 1.87. The Hall–Kier alpha value is -1.45. The molecule has 0 aliphatic carbocycles. The first kappa shape index (κ1) is 16.0. The highest BCUT2D eigenvalue weighted by Gasteiger charge is 1.95. The standard InChI is InChI=1S/C5H8O2.C3H5NO.C2H4O/c1-4(2)5(6)7-3;1-2-4-3-5;1-2-3-1/h1H2,2-3H3;2H2,1H3;1-2H2. The molecule has 5 nitrogen and oxygen atoms in total. The second kappa shape index (κ2) is 12.6. The maximum atomic E-state index is 10.2. The van der Waals surface area contributed by atoms with Crippen molar-refractivity contribution in [3.05, 3.63) is 12.2 Å². The van der Waals surface area contributed by atoms with Gasteiger partial charge < -0.3 is 9.47 Å². The Balaban J connectivity index is 0. The lowest BCUT2D eigenvalue weighted by molar-refractivity contribution is -0.136. The number of rotatable bonds is 2. The summed E-state index contributed by atoms with van der Waals surface area (Å²) >= 11 is 0. The second-order valence-corrected chi connectivity index (χ2v) is 2.45. The molecular formula is C10H17NO4. The summed E-state index contributed by atoms with van der Waals surface area (Å²) in [5.41, 5.74) is 0.433. The fraction of sp³-hybridized carbons (Fsp3) is 0.600. The lowest BCUT2D eigenvalue weighted by Gasteiger charge is -1.91. The zero-order valence-electron chi connectivity index (χ0n) is 9.41. The normalized spacial score (nSPS) is 10.3. The summed E-state index contributed by atoms with van der Waals surface area (Å²) < 4.78 is 8.77. The molecule has 1 aliphatic rings. The predicted octanol–water partition coefficient (Wildman–Crippen LogP) is 1.09. The SMILES string of the molecule is C1CO1.C=C(C)C(=O)OC.CCN=C=O. The molecule has 0 bridgehead atoms. The van der Waals surface area contributed by atoms with E-state index in [1.165, 1.54) is 13.2 Å². The van der Waals surface area contributed by atoms with E-state index in [0.717, 1.165) is 13.2 Å². The van der Waals surface area contributed by atoms with Gasteiger partial charge in [0.25, 0.3) is 0 Å². The highest BCUT2D eigenvalue weighted by atomic mass is 16.6. The van der Waals surface area contributed by atoms with Crippen LogP contribution in [-0.4, -0.2) is 38.9 Å². The van der Waals surface area contributed by atoms with E-state index in [2.05, 4.69) is 21.0 Å². The number of epoxide rings is 1. The molecule has 0 unspecified atom stereocenters. The Labute approximate surface area is 89.8 Å². The minimum atomic E-state index is -0.347. The molecule has 0 atom stereocenters. The number of hydrogen-bond donors (Lipinski definition) is 0. The molecule has 0 amide bonds. The Morgan fingerprint density at radius 1 is 1.60 bits per heavy atom. The molecule has 0 aromatic rings. The first-order valence-electron chi connectivity index (χ1n) is 4.45. The third kappa shape index (κ3) is 24.5. The van der Waals surface area contributed by atoms with Gasteiger partial charge >= 0.3 is 5.97 Å². The molecule has 0 aromatic carbocycles. The van der Waals surface area contributed by atoms with Crippen molar-refractivity contribution in [1.82, 2.24) is 0 Å². The van der Waals surface area contributed by atoms with E-state index in [-0.39, 0.29) is 5.97 Å². The number of hydrogen-bond acceptors (Lipinski definition) is 5. The van der Waals surface area contributed by atoms with Crippen LogP contribution in [0.15, 0.2) is 17.1 Å². The van der Waals surface area contributed by atoms with E-state index in [9.17, 15) is 4.79 Å². The van der Waals surface area contributed by atoms with Crippen molar-refractivity contribution >= 4 is 12.0 Å². The van der Waals surface area contributed by atoms with Gasteiger partial charge in [0.1, 0.15) is 0 Å². The highest BCUT2D eigenvalue weighted by molar-refractivity contribution is 5.86.